The van der Waals surface area contributed by atoms with Crippen molar-refractivity contribution in [2.45, 2.75) is 33.3 Å². The van der Waals surface area contributed by atoms with Crippen molar-refractivity contribution in [3.05, 3.63) is 29.3 Å². The molecule has 0 spiro atoms. The molecule has 0 bridgehead atoms. The normalized spacial score (nSPS) is 11.2. The number of carbonyl (C=O) groups is 1. The van der Waals surface area contributed by atoms with Crippen LogP contribution < -0.4 is 5.32 Å². The molecule has 1 N–H and O–H groups in total. The largest absolute Gasteiger partial charge is 0.465 e. The van der Waals surface area contributed by atoms with Crippen LogP contribution in [0.25, 0.3) is 0 Å². The standard InChI is InChI=1S/C14H21NO3/c1-10-6-11(13(16)17-5)8-12(7-10)15-9-18-14(2,3)4/h6-8,15H,9H2,1-5H3. The maximum Gasteiger partial charge on any atom is 0.337 e. The van der Waals surface area contributed by atoms with Crippen LogP contribution in [0.4, 0.5) is 5.69 Å². The van der Waals surface area contributed by atoms with Gasteiger partial charge in [0, 0.05) is 5.69 Å². The molecular weight excluding hydrogens is 230 g/mol. The molecule has 0 unspecified atom stereocenters. The Bertz CT molecular complexity index is 422. The number of aryl methyl sites for hydroxylation is 1. The molecule has 0 fully saturated rings. The predicted octanol–water partition coefficient (Wildman–Crippen LogP) is 2.97. The second-order valence-electron chi connectivity index (χ2n) is 5.16. The van der Waals surface area contributed by atoms with Crippen molar-refractivity contribution in [1.82, 2.24) is 0 Å². The summed E-state index contributed by atoms with van der Waals surface area (Å²) in [5.74, 6) is -0.335. The Morgan fingerprint density at radius 1 is 1.28 bits per heavy atom. The second-order valence-corrected chi connectivity index (χ2v) is 5.16. The molecule has 0 amide bonds. The number of rotatable bonds is 4. The number of anilines is 1. The van der Waals surface area contributed by atoms with E-state index in [4.69, 9.17) is 9.47 Å². The number of ether oxygens (including phenoxy) is 2. The van der Waals surface area contributed by atoms with Gasteiger partial charge in [-0.1, -0.05) is 0 Å². The molecule has 4 nitrogen and oxygen atoms in total. The Kier molecular flexibility index (Phi) is 4.73. The number of hydrogen-bond acceptors (Lipinski definition) is 4. The third kappa shape index (κ3) is 4.75. The van der Waals surface area contributed by atoms with E-state index in [9.17, 15) is 4.79 Å². The van der Waals surface area contributed by atoms with E-state index in [0.29, 0.717) is 12.3 Å². The van der Waals surface area contributed by atoms with Crippen molar-refractivity contribution >= 4 is 11.7 Å². The van der Waals surface area contributed by atoms with Gasteiger partial charge in [0.05, 0.1) is 18.3 Å². The van der Waals surface area contributed by atoms with Crippen LogP contribution in [0.15, 0.2) is 18.2 Å². The molecule has 0 heterocycles. The Morgan fingerprint density at radius 2 is 1.94 bits per heavy atom. The van der Waals surface area contributed by atoms with Gasteiger partial charge >= 0.3 is 5.97 Å². The van der Waals surface area contributed by atoms with Gasteiger partial charge < -0.3 is 14.8 Å². The molecular formula is C14H21NO3. The fourth-order valence-corrected chi connectivity index (χ4v) is 1.46. The topological polar surface area (TPSA) is 47.6 Å². The molecule has 1 rings (SSSR count). The summed E-state index contributed by atoms with van der Waals surface area (Å²) in [5, 5.41) is 3.13. The van der Waals surface area contributed by atoms with Gasteiger partial charge in [-0.25, -0.2) is 4.79 Å². The van der Waals surface area contributed by atoms with Crippen LogP contribution in [-0.2, 0) is 9.47 Å². The highest BCUT2D eigenvalue weighted by Crippen LogP contribution is 2.16. The Hall–Kier alpha value is -1.55. The van der Waals surface area contributed by atoms with E-state index in [1.807, 2.05) is 33.8 Å². The van der Waals surface area contributed by atoms with Gasteiger partial charge in [0.25, 0.3) is 0 Å². The minimum atomic E-state index is -0.335. The summed E-state index contributed by atoms with van der Waals surface area (Å²) in [6.07, 6.45) is 0. The lowest BCUT2D eigenvalue weighted by molar-refractivity contribution is 0.00844. The maximum absolute atomic E-state index is 11.5. The highest BCUT2D eigenvalue weighted by atomic mass is 16.5. The summed E-state index contributed by atoms with van der Waals surface area (Å²) < 4.78 is 10.3. The minimum absolute atomic E-state index is 0.192. The lowest BCUT2D eigenvalue weighted by atomic mass is 10.1. The average molecular weight is 251 g/mol. The maximum atomic E-state index is 11.5. The number of methoxy groups -OCH3 is 1. The lowest BCUT2D eigenvalue weighted by Crippen LogP contribution is -2.23. The first-order chi connectivity index (χ1) is 8.31. The van der Waals surface area contributed by atoms with Gasteiger partial charge in [0.1, 0.15) is 6.73 Å². The van der Waals surface area contributed by atoms with E-state index in [1.165, 1.54) is 7.11 Å². The summed E-state index contributed by atoms with van der Waals surface area (Å²) in [6, 6.07) is 5.50. The second kappa shape index (κ2) is 5.87. The molecule has 18 heavy (non-hydrogen) atoms. The molecule has 0 aromatic heterocycles. The van der Waals surface area contributed by atoms with Crippen molar-refractivity contribution in [3.8, 4) is 0 Å². The SMILES string of the molecule is COC(=O)c1cc(C)cc(NCOC(C)(C)C)c1. The first kappa shape index (κ1) is 14.5. The van der Waals surface area contributed by atoms with E-state index in [0.717, 1.165) is 11.3 Å². The zero-order chi connectivity index (χ0) is 13.8. The van der Waals surface area contributed by atoms with E-state index in [2.05, 4.69) is 5.32 Å². The minimum Gasteiger partial charge on any atom is -0.465 e. The van der Waals surface area contributed by atoms with E-state index >= 15 is 0 Å². The third-order valence-corrected chi connectivity index (χ3v) is 2.28. The number of benzene rings is 1. The van der Waals surface area contributed by atoms with Gasteiger partial charge in [-0.05, 0) is 51.5 Å². The van der Waals surface area contributed by atoms with Crippen molar-refractivity contribution in [1.29, 1.82) is 0 Å². The number of nitrogens with one attached hydrogen (secondary N) is 1. The Morgan fingerprint density at radius 3 is 2.50 bits per heavy atom. The van der Waals surface area contributed by atoms with Gasteiger partial charge in [-0.3, -0.25) is 0 Å². The number of esters is 1. The molecule has 0 radical (unpaired) electrons. The van der Waals surface area contributed by atoms with Crippen molar-refractivity contribution in [3.63, 3.8) is 0 Å². The molecule has 1 aromatic rings. The molecule has 0 aliphatic carbocycles. The van der Waals surface area contributed by atoms with Crippen molar-refractivity contribution in [2.75, 3.05) is 19.2 Å². The van der Waals surface area contributed by atoms with E-state index in [-0.39, 0.29) is 11.6 Å². The predicted molar refractivity (Wildman–Crippen MR) is 71.8 cm³/mol. The Balaban J connectivity index is 2.71. The van der Waals surface area contributed by atoms with Gasteiger partial charge in [-0.2, -0.15) is 0 Å². The molecule has 0 saturated carbocycles. The molecule has 0 aliphatic rings. The number of hydrogen-bond donors (Lipinski definition) is 1. The fraction of sp³-hybridized carbons (Fsp3) is 0.500. The van der Waals surface area contributed by atoms with Gasteiger partial charge in [0.15, 0.2) is 0 Å². The van der Waals surface area contributed by atoms with Crippen molar-refractivity contribution < 1.29 is 14.3 Å². The monoisotopic (exact) mass is 251 g/mol. The average Bonchev–Trinajstić information content (AvgIpc) is 2.25. The summed E-state index contributed by atoms with van der Waals surface area (Å²) in [6.45, 7) is 8.30. The van der Waals surface area contributed by atoms with Crippen LogP contribution >= 0.6 is 0 Å². The summed E-state index contributed by atoms with van der Waals surface area (Å²) in [5.41, 5.74) is 2.19. The first-order valence-electron chi connectivity index (χ1n) is 5.89. The molecule has 0 aliphatic heterocycles. The zero-order valence-corrected chi connectivity index (χ0v) is 11.7. The van der Waals surface area contributed by atoms with E-state index in [1.54, 1.807) is 12.1 Å². The van der Waals surface area contributed by atoms with Gasteiger partial charge in [-0.15, -0.1) is 0 Å². The number of carbonyl (C=O) groups excluding carboxylic acids is 1. The Labute approximate surface area is 108 Å². The van der Waals surface area contributed by atoms with Crippen LogP contribution in [-0.4, -0.2) is 25.4 Å². The fourth-order valence-electron chi connectivity index (χ4n) is 1.46. The quantitative estimate of drug-likeness (QED) is 0.660. The molecule has 100 valence electrons. The lowest BCUT2D eigenvalue weighted by Gasteiger charge is -2.20. The van der Waals surface area contributed by atoms with Gasteiger partial charge in [0.2, 0.25) is 0 Å². The van der Waals surface area contributed by atoms with Crippen LogP contribution in [0.3, 0.4) is 0 Å². The van der Waals surface area contributed by atoms with Crippen LogP contribution in [0.1, 0.15) is 36.7 Å². The highest BCUT2D eigenvalue weighted by Gasteiger charge is 2.10. The summed E-state index contributed by atoms with van der Waals surface area (Å²) in [7, 11) is 1.38. The highest BCUT2D eigenvalue weighted by molar-refractivity contribution is 5.90. The van der Waals surface area contributed by atoms with Crippen LogP contribution in [0, 0.1) is 6.92 Å². The van der Waals surface area contributed by atoms with Crippen LogP contribution in [0.2, 0.25) is 0 Å². The smallest absolute Gasteiger partial charge is 0.337 e. The van der Waals surface area contributed by atoms with Crippen molar-refractivity contribution in [2.24, 2.45) is 0 Å². The molecule has 1 aromatic carbocycles. The van der Waals surface area contributed by atoms with Crippen LogP contribution in [0.5, 0.6) is 0 Å². The molecule has 0 saturated heterocycles. The first-order valence-corrected chi connectivity index (χ1v) is 5.89. The molecule has 4 heteroatoms. The zero-order valence-electron chi connectivity index (χ0n) is 11.7. The molecule has 0 atom stereocenters. The van der Waals surface area contributed by atoms with E-state index < -0.39 is 0 Å². The summed E-state index contributed by atoms with van der Waals surface area (Å²) in [4.78, 5) is 11.5. The summed E-state index contributed by atoms with van der Waals surface area (Å²) >= 11 is 0. The third-order valence-electron chi connectivity index (χ3n) is 2.28.